The number of ether oxygens (including phenoxy) is 2. The van der Waals surface area contributed by atoms with Crippen LogP contribution in [0.2, 0.25) is 0 Å². The molecule has 2 heterocycles. The van der Waals surface area contributed by atoms with Crippen molar-refractivity contribution in [3.8, 4) is 0 Å². The van der Waals surface area contributed by atoms with Gasteiger partial charge >= 0.3 is 5.69 Å². The summed E-state index contributed by atoms with van der Waals surface area (Å²) >= 11 is 0. The molecule has 2 aliphatic rings. The van der Waals surface area contributed by atoms with Gasteiger partial charge in [-0.15, -0.1) is 0 Å². The molecule has 1 aromatic rings. The molecule has 7 nitrogen and oxygen atoms in total. The van der Waals surface area contributed by atoms with Gasteiger partial charge in [0.25, 0.3) is 5.56 Å². The Bertz CT molecular complexity index is 720. The van der Waals surface area contributed by atoms with Gasteiger partial charge in [-0.05, 0) is 19.4 Å². The van der Waals surface area contributed by atoms with Crippen LogP contribution in [0.1, 0.15) is 19.9 Å². The molecule has 0 spiro atoms. The van der Waals surface area contributed by atoms with E-state index in [-0.39, 0.29) is 6.61 Å². The second kappa shape index (κ2) is 4.62. The molecule has 0 saturated carbocycles. The van der Waals surface area contributed by atoms with Gasteiger partial charge in [-0.25, -0.2) is 4.79 Å². The minimum absolute atomic E-state index is 0.252. The molecular formula is C13H15FN2O5. The van der Waals surface area contributed by atoms with E-state index in [9.17, 15) is 19.1 Å². The summed E-state index contributed by atoms with van der Waals surface area (Å²) in [7, 11) is 0. The van der Waals surface area contributed by atoms with E-state index in [0.29, 0.717) is 5.57 Å². The number of hydrogen-bond acceptors (Lipinski definition) is 5. The smallest absolute Gasteiger partial charge is 0.329 e. The molecule has 0 radical (unpaired) electrons. The fourth-order valence-corrected chi connectivity index (χ4v) is 2.80. The summed E-state index contributed by atoms with van der Waals surface area (Å²) in [5.41, 5.74) is -1.25. The van der Waals surface area contributed by atoms with Crippen LogP contribution >= 0.6 is 0 Å². The Labute approximate surface area is 118 Å². The normalized spacial score (nSPS) is 30.3. The highest BCUT2D eigenvalue weighted by atomic mass is 19.1. The molecule has 0 amide bonds. The first kappa shape index (κ1) is 14.2. The Morgan fingerprint density at radius 2 is 2.14 bits per heavy atom. The molecule has 8 heteroatoms. The Kier molecular flexibility index (Phi) is 3.12. The van der Waals surface area contributed by atoms with Crippen LogP contribution in [0.5, 0.6) is 0 Å². The van der Waals surface area contributed by atoms with E-state index < -0.39 is 41.1 Å². The maximum Gasteiger partial charge on any atom is 0.329 e. The number of aromatic nitrogens is 2. The van der Waals surface area contributed by atoms with Gasteiger partial charge in [0.05, 0.1) is 18.8 Å². The zero-order chi connectivity index (χ0) is 15.4. The molecule has 21 heavy (non-hydrogen) atoms. The molecule has 1 aliphatic heterocycles. The third kappa shape index (κ3) is 2.25. The predicted octanol–water partition coefficient (Wildman–Crippen LogP) is -0.331. The average Bonchev–Trinajstić information content (AvgIpc) is 2.87. The Morgan fingerprint density at radius 1 is 1.43 bits per heavy atom. The summed E-state index contributed by atoms with van der Waals surface area (Å²) in [4.78, 5) is 24.9. The highest BCUT2D eigenvalue weighted by Crippen LogP contribution is 2.42. The van der Waals surface area contributed by atoms with Crippen LogP contribution in [0.4, 0.5) is 4.39 Å². The fraction of sp³-hybridized carbons (Fsp3) is 0.538. The quantitative estimate of drug-likeness (QED) is 0.729. The van der Waals surface area contributed by atoms with Crippen molar-refractivity contribution < 1.29 is 19.0 Å². The van der Waals surface area contributed by atoms with Gasteiger partial charge in [-0.2, -0.15) is 4.39 Å². The van der Waals surface area contributed by atoms with E-state index in [1.54, 1.807) is 19.9 Å². The van der Waals surface area contributed by atoms with Crippen LogP contribution in [-0.2, 0) is 9.47 Å². The molecule has 3 atom stereocenters. The van der Waals surface area contributed by atoms with Crippen molar-refractivity contribution in [3.05, 3.63) is 44.5 Å². The molecule has 114 valence electrons. The van der Waals surface area contributed by atoms with Crippen molar-refractivity contribution in [2.75, 3.05) is 6.61 Å². The maximum atomic E-state index is 13.4. The van der Waals surface area contributed by atoms with Crippen LogP contribution in [0.3, 0.4) is 0 Å². The topological polar surface area (TPSA) is 93.5 Å². The van der Waals surface area contributed by atoms with E-state index in [1.165, 1.54) is 0 Å². The Morgan fingerprint density at radius 3 is 2.81 bits per heavy atom. The number of nitrogens with one attached hydrogen (secondary N) is 1. The lowest BCUT2D eigenvalue weighted by Gasteiger charge is -2.21. The first-order valence-corrected chi connectivity index (χ1v) is 6.50. The van der Waals surface area contributed by atoms with Gasteiger partial charge in [-0.1, -0.05) is 6.08 Å². The number of hydrogen-bond donors (Lipinski definition) is 2. The summed E-state index contributed by atoms with van der Waals surface area (Å²) in [5.74, 6) is -1.93. The van der Waals surface area contributed by atoms with Crippen LogP contribution in [0.25, 0.3) is 0 Å². The SMILES string of the molecule is CC1(C)OC2C(CO)=CC(n3cc(F)c(=O)[nH]c3=O)C2O1. The van der Waals surface area contributed by atoms with Gasteiger partial charge in [0, 0.05) is 0 Å². The van der Waals surface area contributed by atoms with E-state index in [0.717, 1.165) is 10.8 Å². The lowest BCUT2D eigenvalue weighted by atomic mass is 10.1. The standard InChI is InChI=1S/C13H15FN2O5/c1-13(2)20-9-6(5-17)3-8(10(9)21-13)16-4-7(14)11(18)15-12(16)19/h3-4,8-10,17H,5H2,1-2H3,(H,15,18,19). The summed E-state index contributed by atoms with van der Waals surface area (Å²) in [6.07, 6.45) is 1.38. The minimum Gasteiger partial charge on any atom is -0.392 e. The second-order valence-electron chi connectivity index (χ2n) is 5.55. The van der Waals surface area contributed by atoms with Gasteiger partial charge in [0.1, 0.15) is 12.2 Å². The van der Waals surface area contributed by atoms with Crippen LogP contribution in [0.15, 0.2) is 27.4 Å². The number of fused-ring (bicyclic) bond motifs is 1. The number of rotatable bonds is 2. The zero-order valence-corrected chi connectivity index (χ0v) is 11.5. The Hall–Kier alpha value is -1.77. The highest BCUT2D eigenvalue weighted by molar-refractivity contribution is 5.26. The lowest BCUT2D eigenvalue weighted by Crippen LogP contribution is -2.38. The molecule has 1 aliphatic carbocycles. The molecule has 0 aromatic carbocycles. The molecule has 1 fully saturated rings. The number of aromatic amines is 1. The summed E-state index contributed by atoms with van der Waals surface area (Å²) in [6.45, 7) is 3.18. The molecule has 3 unspecified atom stereocenters. The third-order valence-electron chi connectivity index (χ3n) is 3.64. The monoisotopic (exact) mass is 298 g/mol. The Balaban J connectivity index is 2.07. The summed E-state index contributed by atoms with van der Waals surface area (Å²) in [6, 6.07) is -0.655. The van der Waals surface area contributed by atoms with E-state index in [4.69, 9.17) is 9.47 Å². The number of aliphatic hydroxyl groups is 1. The summed E-state index contributed by atoms with van der Waals surface area (Å²) < 4.78 is 25.9. The van der Waals surface area contributed by atoms with E-state index in [2.05, 4.69) is 0 Å². The molecule has 3 rings (SSSR count). The minimum atomic E-state index is -1.07. The van der Waals surface area contributed by atoms with Crippen molar-refractivity contribution in [1.29, 1.82) is 0 Å². The van der Waals surface area contributed by atoms with E-state index in [1.807, 2.05) is 4.98 Å². The fourth-order valence-electron chi connectivity index (χ4n) is 2.80. The predicted molar refractivity (Wildman–Crippen MR) is 69.3 cm³/mol. The second-order valence-corrected chi connectivity index (χ2v) is 5.55. The molecular weight excluding hydrogens is 283 g/mol. The van der Waals surface area contributed by atoms with Gasteiger partial charge in [0.2, 0.25) is 5.82 Å². The van der Waals surface area contributed by atoms with Gasteiger partial charge < -0.3 is 14.6 Å². The van der Waals surface area contributed by atoms with Crippen molar-refractivity contribution in [1.82, 2.24) is 9.55 Å². The van der Waals surface area contributed by atoms with E-state index >= 15 is 0 Å². The molecule has 1 aromatic heterocycles. The first-order chi connectivity index (χ1) is 9.82. The van der Waals surface area contributed by atoms with Crippen molar-refractivity contribution in [2.45, 2.75) is 37.9 Å². The molecule has 0 bridgehead atoms. The molecule has 1 saturated heterocycles. The molecule has 2 N–H and O–H groups in total. The lowest BCUT2D eigenvalue weighted by molar-refractivity contribution is -0.148. The van der Waals surface area contributed by atoms with Crippen LogP contribution in [0, 0.1) is 5.82 Å². The van der Waals surface area contributed by atoms with Crippen molar-refractivity contribution >= 4 is 0 Å². The number of halogens is 1. The zero-order valence-electron chi connectivity index (χ0n) is 11.5. The third-order valence-corrected chi connectivity index (χ3v) is 3.64. The maximum absolute atomic E-state index is 13.4. The van der Waals surface area contributed by atoms with Gasteiger partial charge in [0.15, 0.2) is 5.79 Å². The number of H-pyrrole nitrogens is 1. The van der Waals surface area contributed by atoms with Crippen LogP contribution in [-0.4, -0.2) is 39.3 Å². The van der Waals surface area contributed by atoms with Crippen molar-refractivity contribution in [2.24, 2.45) is 0 Å². The number of nitrogens with zero attached hydrogens (tertiary/aromatic N) is 1. The average molecular weight is 298 g/mol. The highest BCUT2D eigenvalue weighted by Gasteiger charge is 2.50. The largest absolute Gasteiger partial charge is 0.392 e. The summed E-state index contributed by atoms with van der Waals surface area (Å²) in [5, 5.41) is 9.39. The first-order valence-electron chi connectivity index (χ1n) is 6.50. The van der Waals surface area contributed by atoms with Crippen molar-refractivity contribution in [3.63, 3.8) is 0 Å². The van der Waals surface area contributed by atoms with Gasteiger partial charge in [-0.3, -0.25) is 14.3 Å². The number of aliphatic hydroxyl groups excluding tert-OH is 1. The van der Waals surface area contributed by atoms with Crippen LogP contribution < -0.4 is 11.2 Å².